The molecule has 1 aliphatic heterocycles. The van der Waals surface area contributed by atoms with Crippen molar-refractivity contribution in [2.24, 2.45) is 5.73 Å². The number of benzene rings is 1. The number of halogens is 4. The summed E-state index contributed by atoms with van der Waals surface area (Å²) >= 11 is 0. The summed E-state index contributed by atoms with van der Waals surface area (Å²) in [7, 11) is 0. The van der Waals surface area contributed by atoms with Crippen LogP contribution in [0.2, 0.25) is 0 Å². The average Bonchev–Trinajstić information content (AvgIpc) is 2.63. The van der Waals surface area contributed by atoms with Gasteiger partial charge in [-0.15, -0.1) is 12.4 Å². The lowest BCUT2D eigenvalue weighted by atomic mass is 10.1. The van der Waals surface area contributed by atoms with Crippen molar-refractivity contribution >= 4 is 12.4 Å². The Morgan fingerprint density at radius 2 is 1.94 bits per heavy atom. The molecule has 6 heteroatoms. The van der Waals surface area contributed by atoms with Crippen LogP contribution in [0.25, 0.3) is 0 Å². The van der Waals surface area contributed by atoms with Crippen molar-refractivity contribution in [3.63, 3.8) is 0 Å². The van der Waals surface area contributed by atoms with Gasteiger partial charge < -0.3 is 5.73 Å². The largest absolute Gasteiger partial charge is 0.416 e. The zero-order chi connectivity index (χ0) is 12.5. The molecule has 0 unspecified atom stereocenters. The highest BCUT2D eigenvalue weighted by Crippen LogP contribution is 2.32. The van der Waals surface area contributed by atoms with Crippen molar-refractivity contribution < 1.29 is 13.2 Å². The third-order valence-electron chi connectivity index (χ3n) is 3.03. The van der Waals surface area contributed by atoms with Gasteiger partial charge in [0.05, 0.1) is 5.56 Å². The van der Waals surface area contributed by atoms with Gasteiger partial charge >= 0.3 is 6.18 Å². The Morgan fingerprint density at radius 3 is 2.50 bits per heavy atom. The standard InChI is InChI=1S/C12H15F3N2.ClH/c13-12(14,15)11-4-2-1-3-9(11)7-17-6-5-10(16)8-17;/h1-4,10H,5-8,16H2;1H/t10-;/m0./s1. The first-order valence-corrected chi connectivity index (χ1v) is 5.60. The fourth-order valence-corrected chi connectivity index (χ4v) is 2.18. The van der Waals surface area contributed by atoms with Crippen molar-refractivity contribution in [3.8, 4) is 0 Å². The minimum Gasteiger partial charge on any atom is -0.326 e. The summed E-state index contributed by atoms with van der Waals surface area (Å²) in [5, 5.41) is 0. The first-order chi connectivity index (χ1) is 7.97. The first kappa shape index (κ1) is 15.3. The van der Waals surface area contributed by atoms with Gasteiger partial charge in [0, 0.05) is 25.7 Å². The Bertz CT molecular complexity index is 395. The molecule has 0 bridgehead atoms. The van der Waals surface area contributed by atoms with Crippen molar-refractivity contribution in [2.75, 3.05) is 13.1 Å². The summed E-state index contributed by atoms with van der Waals surface area (Å²) < 4.78 is 38.3. The molecule has 1 atom stereocenters. The van der Waals surface area contributed by atoms with E-state index in [9.17, 15) is 13.2 Å². The van der Waals surface area contributed by atoms with E-state index in [4.69, 9.17) is 5.73 Å². The molecule has 1 aromatic rings. The summed E-state index contributed by atoms with van der Waals surface area (Å²) in [6.07, 6.45) is -3.42. The van der Waals surface area contributed by atoms with Crippen molar-refractivity contribution in [1.29, 1.82) is 0 Å². The summed E-state index contributed by atoms with van der Waals surface area (Å²) in [6.45, 7) is 1.77. The van der Waals surface area contributed by atoms with E-state index < -0.39 is 11.7 Å². The van der Waals surface area contributed by atoms with Crippen LogP contribution in [-0.2, 0) is 12.7 Å². The third kappa shape index (κ3) is 3.60. The zero-order valence-electron chi connectivity index (χ0n) is 9.78. The minimum absolute atomic E-state index is 0. The fourth-order valence-electron chi connectivity index (χ4n) is 2.18. The zero-order valence-corrected chi connectivity index (χ0v) is 10.6. The molecular formula is C12H16ClF3N2. The molecule has 0 aliphatic carbocycles. The fraction of sp³-hybridized carbons (Fsp3) is 0.500. The molecule has 18 heavy (non-hydrogen) atoms. The maximum Gasteiger partial charge on any atom is 0.416 e. The van der Waals surface area contributed by atoms with Crippen LogP contribution in [0.4, 0.5) is 13.2 Å². The molecule has 0 saturated carbocycles. The predicted molar refractivity (Wildman–Crippen MR) is 66.6 cm³/mol. The van der Waals surface area contributed by atoms with Gasteiger partial charge in [-0.25, -0.2) is 0 Å². The van der Waals surface area contributed by atoms with Crippen LogP contribution < -0.4 is 5.73 Å². The predicted octanol–water partition coefficient (Wildman–Crippen LogP) is 2.66. The lowest BCUT2D eigenvalue weighted by Gasteiger charge is -2.18. The smallest absolute Gasteiger partial charge is 0.326 e. The van der Waals surface area contributed by atoms with E-state index in [0.717, 1.165) is 19.0 Å². The SMILES string of the molecule is Cl.N[C@H]1CCN(Cc2ccccc2C(F)(F)F)C1. The highest BCUT2D eigenvalue weighted by Gasteiger charge is 2.33. The van der Waals surface area contributed by atoms with E-state index in [2.05, 4.69) is 0 Å². The van der Waals surface area contributed by atoms with Gasteiger partial charge in [0.1, 0.15) is 0 Å². The molecule has 2 rings (SSSR count). The van der Waals surface area contributed by atoms with Crippen LogP contribution in [0.1, 0.15) is 17.5 Å². The van der Waals surface area contributed by atoms with Crippen LogP contribution in [0.5, 0.6) is 0 Å². The second-order valence-corrected chi connectivity index (χ2v) is 4.44. The molecule has 102 valence electrons. The van der Waals surface area contributed by atoms with Crippen molar-refractivity contribution in [3.05, 3.63) is 35.4 Å². The molecule has 1 heterocycles. The second-order valence-electron chi connectivity index (χ2n) is 4.44. The van der Waals surface area contributed by atoms with Crippen LogP contribution in [0.3, 0.4) is 0 Å². The quantitative estimate of drug-likeness (QED) is 0.902. The maximum absolute atomic E-state index is 12.8. The lowest BCUT2D eigenvalue weighted by molar-refractivity contribution is -0.138. The molecule has 1 aromatic carbocycles. The summed E-state index contributed by atoms with van der Waals surface area (Å²) in [5.74, 6) is 0. The van der Waals surface area contributed by atoms with Crippen molar-refractivity contribution in [1.82, 2.24) is 4.90 Å². The van der Waals surface area contributed by atoms with Gasteiger partial charge in [0.2, 0.25) is 0 Å². The third-order valence-corrected chi connectivity index (χ3v) is 3.03. The van der Waals surface area contributed by atoms with Crippen LogP contribution in [0, 0.1) is 0 Å². The number of likely N-dealkylation sites (tertiary alicyclic amines) is 1. The summed E-state index contributed by atoms with van der Waals surface area (Å²) in [4.78, 5) is 1.97. The molecule has 1 aliphatic rings. The van der Waals surface area contributed by atoms with E-state index in [1.807, 2.05) is 4.90 Å². The minimum atomic E-state index is -4.28. The van der Waals surface area contributed by atoms with Gasteiger partial charge in [0.15, 0.2) is 0 Å². The molecular weight excluding hydrogens is 265 g/mol. The molecule has 0 amide bonds. The second kappa shape index (κ2) is 5.91. The number of rotatable bonds is 2. The van der Waals surface area contributed by atoms with Gasteiger partial charge in [-0.2, -0.15) is 13.2 Å². The van der Waals surface area contributed by atoms with Crippen LogP contribution in [-0.4, -0.2) is 24.0 Å². The van der Waals surface area contributed by atoms with Gasteiger partial charge in [-0.05, 0) is 18.1 Å². The summed E-state index contributed by atoms with van der Waals surface area (Å²) in [6, 6.07) is 5.81. The number of hydrogen-bond donors (Lipinski definition) is 1. The monoisotopic (exact) mass is 280 g/mol. The van der Waals surface area contributed by atoms with Crippen LogP contribution in [0.15, 0.2) is 24.3 Å². The van der Waals surface area contributed by atoms with E-state index in [1.54, 1.807) is 6.07 Å². The molecule has 2 N–H and O–H groups in total. The normalized spacial score (nSPS) is 20.8. The number of hydrogen-bond acceptors (Lipinski definition) is 2. The van der Waals surface area contributed by atoms with Gasteiger partial charge in [-0.1, -0.05) is 18.2 Å². The van der Waals surface area contributed by atoms with Gasteiger partial charge in [0.25, 0.3) is 0 Å². The molecule has 0 aromatic heterocycles. The maximum atomic E-state index is 12.8. The molecule has 1 fully saturated rings. The first-order valence-electron chi connectivity index (χ1n) is 5.60. The Kier molecular flexibility index (Phi) is 5.01. The Labute approximate surface area is 110 Å². The summed E-state index contributed by atoms with van der Waals surface area (Å²) in [5.41, 5.74) is 5.53. The Balaban J connectivity index is 0.00000162. The highest BCUT2D eigenvalue weighted by atomic mass is 35.5. The molecule has 0 spiro atoms. The van der Waals surface area contributed by atoms with E-state index in [0.29, 0.717) is 18.7 Å². The number of nitrogens with zero attached hydrogens (tertiary/aromatic N) is 1. The van der Waals surface area contributed by atoms with Crippen molar-refractivity contribution in [2.45, 2.75) is 25.2 Å². The van der Waals surface area contributed by atoms with Gasteiger partial charge in [-0.3, -0.25) is 4.90 Å². The molecule has 2 nitrogen and oxygen atoms in total. The number of alkyl halides is 3. The molecule has 0 radical (unpaired) electrons. The van der Waals surface area contributed by atoms with E-state index >= 15 is 0 Å². The van der Waals surface area contributed by atoms with E-state index in [-0.39, 0.29) is 18.4 Å². The lowest BCUT2D eigenvalue weighted by Crippen LogP contribution is -2.27. The molecule has 1 saturated heterocycles. The Hall–Kier alpha value is -0.780. The number of nitrogens with two attached hydrogens (primary N) is 1. The van der Waals surface area contributed by atoms with Crippen LogP contribution >= 0.6 is 12.4 Å². The Morgan fingerprint density at radius 1 is 1.28 bits per heavy atom. The van der Waals surface area contributed by atoms with E-state index in [1.165, 1.54) is 12.1 Å². The topological polar surface area (TPSA) is 29.3 Å². The average molecular weight is 281 g/mol. The highest BCUT2D eigenvalue weighted by molar-refractivity contribution is 5.85.